The van der Waals surface area contributed by atoms with Gasteiger partial charge in [-0.15, -0.1) is 0 Å². The number of nitrogen functional groups attached to an aromatic ring is 1. The topological polar surface area (TPSA) is 52.3 Å². The first-order chi connectivity index (χ1) is 7.79. The molecule has 0 unspecified atom stereocenters. The Morgan fingerprint density at radius 2 is 2.06 bits per heavy atom. The number of Topliss-reactive ketones (excluding diaryl/α,β-unsaturated/α-hetero) is 1. The fraction of sp³-hybridized carbons (Fsp3) is 0.364. The van der Waals surface area contributed by atoms with E-state index in [0.29, 0.717) is 16.8 Å². The highest BCUT2D eigenvalue weighted by Crippen LogP contribution is 2.16. The standard InChI is InChI=1S/C11H12F3NO2/c1-7-4-8(2-3-9(7)15)10(16)5-17-6-11(12,13)14/h2-4H,5-6,15H2,1H3. The monoisotopic (exact) mass is 247 g/mol. The summed E-state index contributed by atoms with van der Waals surface area (Å²) in [6.45, 7) is -0.307. The zero-order valence-electron chi connectivity index (χ0n) is 9.17. The van der Waals surface area contributed by atoms with Crippen molar-refractivity contribution in [2.75, 3.05) is 18.9 Å². The number of nitrogens with two attached hydrogens (primary N) is 1. The van der Waals surface area contributed by atoms with Crippen molar-refractivity contribution in [2.24, 2.45) is 0 Å². The van der Waals surface area contributed by atoms with E-state index in [9.17, 15) is 18.0 Å². The number of rotatable bonds is 4. The van der Waals surface area contributed by atoms with Crippen LogP contribution in [0.25, 0.3) is 0 Å². The van der Waals surface area contributed by atoms with Crippen LogP contribution in [0.4, 0.5) is 18.9 Å². The van der Waals surface area contributed by atoms with Gasteiger partial charge >= 0.3 is 6.18 Å². The number of carbonyl (C=O) groups is 1. The Hall–Kier alpha value is -1.56. The third-order valence-electron chi connectivity index (χ3n) is 2.09. The molecule has 6 heteroatoms. The molecular formula is C11H12F3NO2. The predicted octanol–water partition coefficient (Wildman–Crippen LogP) is 2.34. The number of alkyl halides is 3. The second kappa shape index (κ2) is 5.18. The smallest absolute Gasteiger partial charge is 0.399 e. The maximum atomic E-state index is 11.8. The van der Waals surface area contributed by atoms with Gasteiger partial charge in [-0.2, -0.15) is 13.2 Å². The molecule has 0 saturated carbocycles. The van der Waals surface area contributed by atoms with Gasteiger partial charge in [0.2, 0.25) is 0 Å². The van der Waals surface area contributed by atoms with Crippen molar-refractivity contribution in [3.8, 4) is 0 Å². The Bertz CT molecular complexity index is 416. The number of anilines is 1. The van der Waals surface area contributed by atoms with E-state index in [4.69, 9.17) is 5.73 Å². The van der Waals surface area contributed by atoms with Crippen molar-refractivity contribution in [1.29, 1.82) is 0 Å². The van der Waals surface area contributed by atoms with E-state index in [-0.39, 0.29) is 0 Å². The largest absolute Gasteiger partial charge is 0.411 e. The molecule has 0 atom stereocenters. The molecule has 17 heavy (non-hydrogen) atoms. The lowest BCUT2D eigenvalue weighted by Gasteiger charge is -2.07. The normalized spacial score (nSPS) is 11.5. The Morgan fingerprint density at radius 1 is 1.41 bits per heavy atom. The fourth-order valence-electron chi connectivity index (χ4n) is 1.19. The van der Waals surface area contributed by atoms with Crippen LogP contribution in [-0.4, -0.2) is 25.2 Å². The molecule has 94 valence electrons. The molecule has 0 spiro atoms. The van der Waals surface area contributed by atoms with Crippen LogP contribution in [-0.2, 0) is 4.74 Å². The Morgan fingerprint density at radius 3 is 2.59 bits per heavy atom. The van der Waals surface area contributed by atoms with E-state index in [1.165, 1.54) is 18.2 Å². The van der Waals surface area contributed by atoms with Crippen LogP contribution >= 0.6 is 0 Å². The van der Waals surface area contributed by atoms with E-state index >= 15 is 0 Å². The van der Waals surface area contributed by atoms with Gasteiger partial charge < -0.3 is 10.5 Å². The van der Waals surface area contributed by atoms with Gasteiger partial charge in [0.1, 0.15) is 13.2 Å². The van der Waals surface area contributed by atoms with Crippen molar-refractivity contribution in [3.05, 3.63) is 29.3 Å². The highest BCUT2D eigenvalue weighted by molar-refractivity contribution is 5.97. The van der Waals surface area contributed by atoms with Gasteiger partial charge in [0.25, 0.3) is 0 Å². The average Bonchev–Trinajstić information content (AvgIpc) is 2.20. The van der Waals surface area contributed by atoms with Crippen molar-refractivity contribution >= 4 is 11.5 Å². The molecule has 0 aliphatic rings. The summed E-state index contributed by atoms with van der Waals surface area (Å²) in [6.07, 6.45) is -4.42. The lowest BCUT2D eigenvalue weighted by molar-refractivity contribution is -0.170. The van der Waals surface area contributed by atoms with E-state index in [0.717, 1.165) is 0 Å². The van der Waals surface area contributed by atoms with E-state index < -0.39 is 25.2 Å². The summed E-state index contributed by atoms with van der Waals surface area (Å²) < 4.78 is 39.6. The first-order valence-electron chi connectivity index (χ1n) is 4.83. The molecule has 0 fully saturated rings. The van der Waals surface area contributed by atoms with E-state index in [1.54, 1.807) is 6.92 Å². The zero-order chi connectivity index (χ0) is 13.1. The third-order valence-corrected chi connectivity index (χ3v) is 2.09. The molecule has 0 aliphatic carbocycles. The Balaban J connectivity index is 2.56. The summed E-state index contributed by atoms with van der Waals surface area (Å²) in [5.41, 5.74) is 7.07. The maximum Gasteiger partial charge on any atom is 0.411 e. The van der Waals surface area contributed by atoms with Gasteiger partial charge in [0, 0.05) is 11.3 Å². The number of aryl methyl sites for hydroxylation is 1. The Kier molecular flexibility index (Phi) is 4.11. The number of ether oxygens (including phenoxy) is 1. The molecule has 3 nitrogen and oxygen atoms in total. The first kappa shape index (κ1) is 13.5. The highest BCUT2D eigenvalue weighted by Gasteiger charge is 2.27. The fourth-order valence-corrected chi connectivity index (χ4v) is 1.19. The summed E-state index contributed by atoms with van der Waals surface area (Å²) in [5.74, 6) is -0.502. The molecule has 0 aliphatic heterocycles. The quantitative estimate of drug-likeness (QED) is 0.656. The van der Waals surface area contributed by atoms with E-state index in [1.807, 2.05) is 0 Å². The highest BCUT2D eigenvalue weighted by atomic mass is 19.4. The van der Waals surface area contributed by atoms with Crippen LogP contribution < -0.4 is 5.73 Å². The average molecular weight is 247 g/mol. The summed E-state index contributed by atoms with van der Waals surface area (Å²) in [6, 6.07) is 4.52. The second-order valence-electron chi connectivity index (χ2n) is 3.60. The minimum Gasteiger partial charge on any atom is -0.399 e. The number of benzene rings is 1. The van der Waals surface area contributed by atoms with Crippen LogP contribution in [0.15, 0.2) is 18.2 Å². The molecule has 0 saturated heterocycles. The van der Waals surface area contributed by atoms with Crippen molar-refractivity contribution in [3.63, 3.8) is 0 Å². The number of carbonyl (C=O) groups excluding carboxylic acids is 1. The summed E-state index contributed by atoms with van der Waals surface area (Å²) >= 11 is 0. The lowest BCUT2D eigenvalue weighted by Crippen LogP contribution is -2.20. The molecule has 1 aromatic carbocycles. The first-order valence-corrected chi connectivity index (χ1v) is 4.83. The molecule has 0 amide bonds. The maximum absolute atomic E-state index is 11.8. The van der Waals surface area contributed by atoms with Crippen molar-refractivity contribution in [1.82, 2.24) is 0 Å². The number of halogens is 3. The number of ketones is 1. The number of hydrogen-bond donors (Lipinski definition) is 1. The van der Waals surface area contributed by atoms with Gasteiger partial charge in [-0.3, -0.25) is 4.79 Å². The van der Waals surface area contributed by atoms with Gasteiger partial charge in [0.15, 0.2) is 5.78 Å². The van der Waals surface area contributed by atoms with Gasteiger partial charge in [-0.1, -0.05) is 0 Å². The molecule has 1 aromatic rings. The number of hydrogen-bond acceptors (Lipinski definition) is 3. The summed E-state index contributed by atoms with van der Waals surface area (Å²) in [5, 5.41) is 0. The molecule has 0 heterocycles. The molecule has 0 radical (unpaired) electrons. The zero-order valence-corrected chi connectivity index (χ0v) is 9.17. The Labute approximate surface area is 96.4 Å². The van der Waals surface area contributed by atoms with Gasteiger partial charge in [-0.05, 0) is 30.7 Å². The molecule has 2 N–H and O–H groups in total. The molecule has 0 bridgehead atoms. The van der Waals surface area contributed by atoms with Crippen LogP contribution in [0, 0.1) is 6.92 Å². The van der Waals surface area contributed by atoms with Crippen LogP contribution in [0.2, 0.25) is 0 Å². The van der Waals surface area contributed by atoms with Crippen molar-refractivity contribution in [2.45, 2.75) is 13.1 Å². The van der Waals surface area contributed by atoms with Crippen molar-refractivity contribution < 1.29 is 22.7 Å². The SMILES string of the molecule is Cc1cc(C(=O)COCC(F)(F)F)ccc1N. The van der Waals surface area contributed by atoms with Gasteiger partial charge in [-0.25, -0.2) is 0 Å². The molecule has 0 aromatic heterocycles. The molecule has 1 rings (SSSR count). The lowest BCUT2D eigenvalue weighted by atomic mass is 10.1. The summed E-state index contributed by atoms with van der Waals surface area (Å²) in [7, 11) is 0. The van der Waals surface area contributed by atoms with Crippen LogP contribution in [0.3, 0.4) is 0 Å². The van der Waals surface area contributed by atoms with Crippen LogP contribution in [0.1, 0.15) is 15.9 Å². The minimum absolute atomic E-state index is 0.291. The minimum atomic E-state index is -4.42. The predicted molar refractivity (Wildman–Crippen MR) is 56.8 cm³/mol. The van der Waals surface area contributed by atoms with Gasteiger partial charge in [0.05, 0.1) is 0 Å². The summed E-state index contributed by atoms with van der Waals surface area (Å²) in [4.78, 5) is 11.5. The molecular weight excluding hydrogens is 235 g/mol. The third kappa shape index (κ3) is 4.44. The van der Waals surface area contributed by atoms with E-state index in [2.05, 4.69) is 4.74 Å². The second-order valence-corrected chi connectivity index (χ2v) is 3.60. The van der Waals surface area contributed by atoms with Crippen LogP contribution in [0.5, 0.6) is 0 Å².